The van der Waals surface area contributed by atoms with Crippen LogP contribution in [0.3, 0.4) is 0 Å². The summed E-state index contributed by atoms with van der Waals surface area (Å²) in [6.07, 6.45) is 2.27. The number of hydrogen-bond donors (Lipinski definition) is 3. The van der Waals surface area contributed by atoms with Crippen molar-refractivity contribution in [3.8, 4) is 11.1 Å². The number of piperidine rings is 1. The van der Waals surface area contributed by atoms with Crippen molar-refractivity contribution in [2.24, 2.45) is 5.73 Å². The Balaban J connectivity index is 1.37. The van der Waals surface area contributed by atoms with Crippen molar-refractivity contribution >= 4 is 23.2 Å². The molecule has 4 atom stereocenters. The van der Waals surface area contributed by atoms with Gasteiger partial charge < -0.3 is 21.4 Å². The van der Waals surface area contributed by atoms with Crippen LogP contribution in [0, 0.1) is 0 Å². The summed E-state index contributed by atoms with van der Waals surface area (Å²) < 4.78 is 40.4. The lowest BCUT2D eigenvalue weighted by Crippen LogP contribution is -2.46. The molecule has 4 aromatic rings. The van der Waals surface area contributed by atoms with Crippen LogP contribution in [0.15, 0.2) is 30.9 Å². The first-order valence-corrected chi connectivity index (χ1v) is 12.7. The highest BCUT2D eigenvalue weighted by Gasteiger charge is 2.46. The summed E-state index contributed by atoms with van der Waals surface area (Å²) in [5.41, 5.74) is 13.5. The number of nitrogen functional groups attached to an aromatic ring is 1. The standard InChI is InChI=1S/C25H25F3N10O2/c1-11(39)18-19(13-6-14-3-4-15(7-13)37(14)24(40)22-32-10-33-36-22)35-23-16(9-34-38(23)21(18)30)12-2-5-17(31-8-12)20(29)25(26,27)28/h2,5,8-10,13-15,20H,3-4,6-7,29-30H2,1H3,(H,32,33,36)/t13-,14+,15-,20?. The number of nitrogens with zero attached hydrogens (tertiary/aromatic N) is 7. The number of anilines is 1. The lowest BCUT2D eigenvalue weighted by atomic mass is 9.85. The Morgan fingerprint density at radius 2 is 1.88 bits per heavy atom. The Labute approximate surface area is 225 Å². The number of H-pyrrole nitrogens is 1. The molecule has 40 heavy (non-hydrogen) atoms. The van der Waals surface area contributed by atoms with Crippen LogP contribution in [0.25, 0.3) is 16.8 Å². The predicted octanol–water partition coefficient (Wildman–Crippen LogP) is 2.81. The zero-order valence-corrected chi connectivity index (χ0v) is 21.3. The maximum Gasteiger partial charge on any atom is 0.409 e. The Kier molecular flexibility index (Phi) is 6.05. The highest BCUT2D eigenvalue weighted by molar-refractivity contribution is 6.00. The molecule has 6 heterocycles. The summed E-state index contributed by atoms with van der Waals surface area (Å²) in [6, 6.07) is 0.333. The lowest BCUT2D eigenvalue weighted by Gasteiger charge is -2.38. The van der Waals surface area contributed by atoms with Crippen LogP contribution in [-0.4, -0.2) is 69.6 Å². The van der Waals surface area contributed by atoms with Crippen LogP contribution in [0.4, 0.5) is 19.0 Å². The fourth-order valence-electron chi connectivity index (χ4n) is 5.97. The molecule has 2 bridgehead atoms. The lowest BCUT2D eigenvalue weighted by molar-refractivity contribution is -0.150. The van der Waals surface area contributed by atoms with Crippen molar-refractivity contribution < 1.29 is 22.8 Å². The highest BCUT2D eigenvalue weighted by atomic mass is 19.4. The van der Waals surface area contributed by atoms with Crippen molar-refractivity contribution in [1.29, 1.82) is 0 Å². The van der Waals surface area contributed by atoms with E-state index < -0.39 is 12.2 Å². The van der Waals surface area contributed by atoms with E-state index in [9.17, 15) is 22.8 Å². The summed E-state index contributed by atoms with van der Waals surface area (Å²) >= 11 is 0. The summed E-state index contributed by atoms with van der Waals surface area (Å²) in [4.78, 5) is 39.2. The molecule has 4 aromatic heterocycles. The number of halogens is 3. The molecule has 6 rings (SSSR count). The molecule has 1 unspecified atom stereocenters. The number of aromatic nitrogens is 7. The number of fused-ring (bicyclic) bond motifs is 3. The minimum absolute atomic E-state index is 0.0700. The molecule has 15 heteroatoms. The number of Topliss-reactive ketones (excluding diaryl/α,β-unsaturated/α-hetero) is 1. The van der Waals surface area contributed by atoms with Gasteiger partial charge in [0.1, 0.15) is 18.2 Å². The maximum absolute atomic E-state index is 13.1. The van der Waals surface area contributed by atoms with Crippen molar-refractivity contribution in [1.82, 2.24) is 39.7 Å². The summed E-state index contributed by atoms with van der Waals surface area (Å²) in [5.74, 6) is -0.329. The van der Waals surface area contributed by atoms with Crippen LogP contribution in [0.5, 0.6) is 0 Å². The summed E-state index contributed by atoms with van der Waals surface area (Å²) in [7, 11) is 0. The Bertz CT molecular complexity index is 1590. The molecular formula is C25H25F3N10O2. The second-order valence-electron chi connectivity index (χ2n) is 10.2. The van der Waals surface area contributed by atoms with Gasteiger partial charge in [-0.2, -0.15) is 22.8 Å². The van der Waals surface area contributed by atoms with Crippen molar-refractivity contribution in [3.63, 3.8) is 0 Å². The number of rotatable bonds is 5. The zero-order valence-electron chi connectivity index (χ0n) is 21.3. The van der Waals surface area contributed by atoms with E-state index in [0.717, 1.165) is 12.8 Å². The number of nitrogens with one attached hydrogen (secondary N) is 1. The zero-order chi connectivity index (χ0) is 28.3. The van der Waals surface area contributed by atoms with Gasteiger partial charge in [-0.05, 0) is 38.7 Å². The van der Waals surface area contributed by atoms with E-state index in [4.69, 9.17) is 16.5 Å². The van der Waals surface area contributed by atoms with Crippen LogP contribution in [-0.2, 0) is 0 Å². The molecule has 0 saturated carbocycles. The van der Waals surface area contributed by atoms with Crippen LogP contribution in [0.1, 0.15) is 76.9 Å². The molecule has 1 amide bonds. The topological polar surface area (TPSA) is 174 Å². The largest absolute Gasteiger partial charge is 0.409 e. The van der Waals surface area contributed by atoms with Crippen LogP contribution < -0.4 is 11.5 Å². The first-order valence-electron chi connectivity index (χ1n) is 12.7. The van der Waals surface area contributed by atoms with E-state index in [-0.39, 0.29) is 52.6 Å². The molecule has 0 spiro atoms. The number of aromatic amines is 1. The number of alkyl halides is 3. The van der Waals surface area contributed by atoms with Gasteiger partial charge in [0.15, 0.2) is 11.4 Å². The second-order valence-corrected chi connectivity index (χ2v) is 10.2. The second kappa shape index (κ2) is 9.36. The molecule has 208 valence electrons. The molecule has 2 aliphatic heterocycles. The van der Waals surface area contributed by atoms with E-state index in [0.29, 0.717) is 35.3 Å². The van der Waals surface area contributed by atoms with Gasteiger partial charge in [-0.3, -0.25) is 14.6 Å². The SMILES string of the molecule is CC(=O)c1c([C@H]2C[C@H]3CC[C@@H](C2)N3C(=O)c2nnc[nH]2)nc2c(-c3ccc(C(N)C(F)(F)F)nc3)cnn2c1N. The number of ketones is 1. The summed E-state index contributed by atoms with van der Waals surface area (Å²) in [5, 5.41) is 11.9. The minimum atomic E-state index is -4.62. The maximum atomic E-state index is 13.1. The number of hydrogen-bond acceptors (Lipinski definition) is 9. The number of amides is 1. The first kappa shape index (κ1) is 25.9. The molecule has 0 radical (unpaired) electrons. The normalized spacial score (nSPS) is 21.6. The predicted molar refractivity (Wildman–Crippen MR) is 135 cm³/mol. The van der Waals surface area contributed by atoms with Gasteiger partial charge in [0, 0.05) is 35.3 Å². The monoisotopic (exact) mass is 554 g/mol. The van der Waals surface area contributed by atoms with Gasteiger partial charge >= 0.3 is 6.18 Å². The van der Waals surface area contributed by atoms with Crippen molar-refractivity contribution in [3.05, 3.63) is 53.6 Å². The molecule has 2 saturated heterocycles. The van der Waals surface area contributed by atoms with Gasteiger partial charge in [-0.1, -0.05) is 6.07 Å². The van der Waals surface area contributed by atoms with E-state index in [1.807, 2.05) is 4.90 Å². The Hall–Kier alpha value is -4.40. The molecule has 0 aromatic carbocycles. The fraction of sp³-hybridized carbons (Fsp3) is 0.400. The number of carbonyl (C=O) groups is 2. The number of pyridine rings is 1. The van der Waals surface area contributed by atoms with E-state index in [1.165, 1.54) is 42.3 Å². The molecule has 5 N–H and O–H groups in total. The average molecular weight is 555 g/mol. The van der Waals surface area contributed by atoms with Crippen LogP contribution in [0.2, 0.25) is 0 Å². The third-order valence-corrected chi connectivity index (χ3v) is 7.80. The van der Waals surface area contributed by atoms with Gasteiger partial charge in [-0.15, -0.1) is 10.2 Å². The molecule has 2 fully saturated rings. The quantitative estimate of drug-likeness (QED) is 0.313. The fourth-order valence-corrected chi connectivity index (χ4v) is 5.97. The molecular weight excluding hydrogens is 529 g/mol. The van der Waals surface area contributed by atoms with E-state index >= 15 is 0 Å². The van der Waals surface area contributed by atoms with Gasteiger partial charge in [0.2, 0.25) is 5.82 Å². The number of nitrogens with two attached hydrogens (primary N) is 2. The van der Waals surface area contributed by atoms with Crippen molar-refractivity contribution in [2.75, 3.05) is 5.73 Å². The molecule has 0 aliphatic carbocycles. The molecule has 2 aliphatic rings. The van der Waals surface area contributed by atoms with Gasteiger partial charge in [0.05, 0.1) is 23.1 Å². The van der Waals surface area contributed by atoms with Gasteiger partial charge in [0.25, 0.3) is 5.91 Å². The van der Waals surface area contributed by atoms with Crippen LogP contribution >= 0.6 is 0 Å². The van der Waals surface area contributed by atoms with Crippen molar-refractivity contribution in [2.45, 2.75) is 62.8 Å². The minimum Gasteiger partial charge on any atom is -0.383 e. The smallest absolute Gasteiger partial charge is 0.383 e. The Morgan fingerprint density at radius 3 is 2.45 bits per heavy atom. The number of carbonyl (C=O) groups excluding carboxylic acids is 2. The molecule has 12 nitrogen and oxygen atoms in total. The summed E-state index contributed by atoms with van der Waals surface area (Å²) in [6.45, 7) is 1.41. The average Bonchev–Trinajstić information content (AvgIpc) is 3.65. The van der Waals surface area contributed by atoms with E-state index in [2.05, 4.69) is 25.3 Å². The van der Waals surface area contributed by atoms with Gasteiger partial charge in [-0.25, -0.2) is 4.98 Å². The Morgan fingerprint density at radius 1 is 1.15 bits per heavy atom. The first-order chi connectivity index (χ1) is 19.0. The third-order valence-electron chi connectivity index (χ3n) is 7.80. The third kappa shape index (κ3) is 4.16. The highest BCUT2D eigenvalue weighted by Crippen LogP contribution is 2.45. The van der Waals surface area contributed by atoms with E-state index in [1.54, 1.807) is 0 Å².